The van der Waals surface area contributed by atoms with Gasteiger partial charge in [-0.25, -0.2) is 0 Å². The van der Waals surface area contributed by atoms with Gasteiger partial charge in [-0.05, 0) is 26.8 Å². The van der Waals surface area contributed by atoms with Crippen LogP contribution in [0.3, 0.4) is 0 Å². The van der Waals surface area contributed by atoms with Gasteiger partial charge in [0.25, 0.3) is 0 Å². The Hall–Kier alpha value is -1.33. The van der Waals surface area contributed by atoms with Crippen molar-refractivity contribution in [3.05, 3.63) is 34.9 Å². The normalized spacial score (nSPS) is 14.6. The average Bonchev–Trinajstić information content (AvgIpc) is 2.97. The zero-order valence-electron chi connectivity index (χ0n) is 11.8. The van der Waals surface area contributed by atoms with Crippen molar-refractivity contribution < 1.29 is 0 Å². The molecule has 19 heavy (non-hydrogen) atoms. The third kappa shape index (κ3) is 2.98. The number of nitrogens with one attached hydrogen (secondary N) is 1. The van der Waals surface area contributed by atoms with Crippen LogP contribution in [0.2, 0.25) is 5.15 Å². The summed E-state index contributed by atoms with van der Waals surface area (Å²) in [5.74, 6) is 0. The summed E-state index contributed by atoms with van der Waals surface area (Å²) in [6.45, 7) is 6.98. The lowest BCUT2D eigenvalue weighted by Crippen LogP contribution is -2.33. The fourth-order valence-electron chi connectivity index (χ4n) is 2.06. The Bertz CT molecular complexity index is 531. The fourth-order valence-corrected chi connectivity index (χ4v) is 2.30. The van der Waals surface area contributed by atoms with Crippen molar-refractivity contribution in [1.29, 1.82) is 0 Å². The molecule has 0 saturated heterocycles. The molecule has 0 aromatic carbocycles. The minimum absolute atomic E-state index is 0.283. The first-order valence-electron chi connectivity index (χ1n) is 6.41. The van der Waals surface area contributed by atoms with E-state index in [0.29, 0.717) is 11.7 Å². The highest BCUT2D eigenvalue weighted by Gasteiger charge is 2.16. The van der Waals surface area contributed by atoms with Gasteiger partial charge in [-0.15, -0.1) is 0 Å². The zero-order chi connectivity index (χ0) is 14.0. The van der Waals surface area contributed by atoms with E-state index < -0.39 is 0 Å². The van der Waals surface area contributed by atoms with Crippen LogP contribution in [-0.4, -0.2) is 25.6 Å². The lowest BCUT2D eigenvalue weighted by molar-refractivity contribution is 0.365. The number of halogens is 1. The van der Waals surface area contributed by atoms with E-state index in [4.69, 9.17) is 11.6 Å². The number of hydrogen-bond donors (Lipinski definition) is 1. The van der Waals surface area contributed by atoms with Gasteiger partial charge in [0, 0.05) is 37.6 Å². The highest BCUT2D eigenvalue weighted by atomic mass is 35.5. The summed E-state index contributed by atoms with van der Waals surface area (Å²) in [6.07, 6.45) is 3.77. The second kappa shape index (κ2) is 5.75. The van der Waals surface area contributed by atoms with Gasteiger partial charge in [-0.2, -0.15) is 10.2 Å². The summed E-state index contributed by atoms with van der Waals surface area (Å²) in [5, 5.41) is 12.8. The van der Waals surface area contributed by atoms with Crippen LogP contribution < -0.4 is 5.32 Å². The Morgan fingerprint density at radius 3 is 2.68 bits per heavy atom. The second-order valence-corrected chi connectivity index (χ2v) is 5.23. The van der Waals surface area contributed by atoms with E-state index in [9.17, 15) is 0 Å². The molecule has 0 aliphatic rings. The van der Waals surface area contributed by atoms with Gasteiger partial charge in [0.05, 0.1) is 11.7 Å². The maximum atomic E-state index is 6.22. The number of aromatic nitrogens is 4. The smallest absolute Gasteiger partial charge is 0.131 e. The van der Waals surface area contributed by atoms with E-state index in [1.807, 2.05) is 30.9 Å². The molecule has 0 bridgehead atoms. The van der Waals surface area contributed by atoms with Crippen LogP contribution in [0.5, 0.6) is 0 Å². The van der Waals surface area contributed by atoms with E-state index >= 15 is 0 Å². The Balaban J connectivity index is 1.98. The predicted molar refractivity (Wildman–Crippen MR) is 76.2 cm³/mol. The quantitative estimate of drug-likeness (QED) is 0.915. The topological polar surface area (TPSA) is 47.7 Å². The minimum atomic E-state index is 0.283. The van der Waals surface area contributed by atoms with Crippen LogP contribution in [-0.2, 0) is 13.6 Å². The largest absolute Gasteiger partial charge is 0.308 e. The molecule has 104 valence electrons. The van der Waals surface area contributed by atoms with Gasteiger partial charge in [-0.1, -0.05) is 11.6 Å². The molecule has 0 aliphatic carbocycles. The van der Waals surface area contributed by atoms with Crippen LogP contribution in [0.25, 0.3) is 0 Å². The predicted octanol–water partition coefficient (Wildman–Crippen LogP) is 2.32. The van der Waals surface area contributed by atoms with Crippen molar-refractivity contribution >= 4 is 11.6 Å². The van der Waals surface area contributed by atoms with Crippen molar-refractivity contribution in [3.63, 3.8) is 0 Å². The van der Waals surface area contributed by atoms with Crippen molar-refractivity contribution in [2.75, 3.05) is 0 Å². The molecule has 6 heteroatoms. The molecule has 0 fully saturated rings. The third-order valence-electron chi connectivity index (χ3n) is 3.54. The molecule has 2 heterocycles. The first-order chi connectivity index (χ1) is 9.00. The summed E-state index contributed by atoms with van der Waals surface area (Å²) in [7, 11) is 1.86. The van der Waals surface area contributed by atoms with Crippen LogP contribution in [0, 0.1) is 6.92 Å². The Kier molecular flexibility index (Phi) is 4.27. The minimum Gasteiger partial charge on any atom is -0.308 e. The maximum absolute atomic E-state index is 6.22. The van der Waals surface area contributed by atoms with Crippen molar-refractivity contribution in [3.8, 4) is 0 Å². The molecule has 0 aliphatic heterocycles. The van der Waals surface area contributed by atoms with Crippen LogP contribution in [0.15, 0.2) is 18.5 Å². The highest BCUT2D eigenvalue weighted by Crippen LogP contribution is 2.19. The summed E-state index contributed by atoms with van der Waals surface area (Å²) < 4.78 is 3.66. The molecule has 0 unspecified atom stereocenters. The lowest BCUT2D eigenvalue weighted by Gasteiger charge is -2.21. The molecule has 5 nitrogen and oxygen atoms in total. The van der Waals surface area contributed by atoms with Crippen LogP contribution in [0.1, 0.15) is 31.1 Å². The molecule has 2 aromatic heterocycles. The van der Waals surface area contributed by atoms with Gasteiger partial charge in [0.15, 0.2) is 0 Å². The molecule has 2 aromatic rings. The molecule has 2 atom stereocenters. The maximum Gasteiger partial charge on any atom is 0.131 e. The molecule has 0 radical (unpaired) electrons. The average molecular weight is 282 g/mol. The van der Waals surface area contributed by atoms with Gasteiger partial charge in [-0.3, -0.25) is 9.36 Å². The van der Waals surface area contributed by atoms with E-state index in [1.54, 1.807) is 10.9 Å². The number of hydrogen-bond acceptors (Lipinski definition) is 3. The molecular formula is C13H20ClN5. The van der Waals surface area contributed by atoms with Crippen molar-refractivity contribution in [1.82, 2.24) is 24.9 Å². The standard InChI is InChI=1S/C13H20ClN5/c1-9(11(3)19-7-5-6-16-19)15-8-12-10(2)17-18(4)13(12)14/h5-7,9,11,15H,8H2,1-4H3/t9-,11-/m1/s1. The van der Waals surface area contributed by atoms with E-state index in [1.165, 1.54) is 0 Å². The van der Waals surface area contributed by atoms with Gasteiger partial charge in [0.2, 0.25) is 0 Å². The Labute approximate surface area is 118 Å². The first kappa shape index (κ1) is 14.1. The molecule has 0 saturated carbocycles. The molecule has 1 N–H and O–H groups in total. The van der Waals surface area contributed by atoms with E-state index in [2.05, 4.69) is 29.4 Å². The van der Waals surface area contributed by atoms with Crippen LogP contribution in [0.4, 0.5) is 0 Å². The highest BCUT2D eigenvalue weighted by molar-refractivity contribution is 6.30. The monoisotopic (exact) mass is 281 g/mol. The first-order valence-corrected chi connectivity index (χ1v) is 6.79. The molecular weight excluding hydrogens is 262 g/mol. The SMILES string of the molecule is Cc1nn(C)c(Cl)c1CN[C@H](C)[C@@H](C)n1cccn1. The molecule has 0 amide bonds. The zero-order valence-corrected chi connectivity index (χ0v) is 12.5. The second-order valence-electron chi connectivity index (χ2n) is 4.87. The number of rotatable bonds is 5. The number of aryl methyl sites for hydroxylation is 2. The van der Waals surface area contributed by atoms with E-state index in [-0.39, 0.29) is 12.1 Å². The third-order valence-corrected chi connectivity index (χ3v) is 4.01. The lowest BCUT2D eigenvalue weighted by atomic mass is 10.1. The van der Waals surface area contributed by atoms with Gasteiger partial charge in [0.1, 0.15) is 5.15 Å². The Morgan fingerprint density at radius 2 is 2.16 bits per heavy atom. The number of nitrogens with zero attached hydrogens (tertiary/aromatic N) is 4. The summed E-state index contributed by atoms with van der Waals surface area (Å²) in [5.41, 5.74) is 2.03. The molecule has 2 rings (SSSR count). The van der Waals surface area contributed by atoms with Crippen LogP contribution >= 0.6 is 11.6 Å². The summed E-state index contributed by atoms with van der Waals surface area (Å²) in [6, 6.07) is 2.51. The van der Waals surface area contributed by atoms with Gasteiger partial charge < -0.3 is 5.32 Å². The van der Waals surface area contributed by atoms with Crippen molar-refractivity contribution in [2.45, 2.75) is 39.4 Å². The summed E-state index contributed by atoms with van der Waals surface area (Å²) in [4.78, 5) is 0. The van der Waals surface area contributed by atoms with Gasteiger partial charge >= 0.3 is 0 Å². The Morgan fingerprint density at radius 1 is 1.42 bits per heavy atom. The fraction of sp³-hybridized carbons (Fsp3) is 0.538. The van der Waals surface area contributed by atoms with E-state index in [0.717, 1.165) is 11.3 Å². The van der Waals surface area contributed by atoms with Crippen molar-refractivity contribution in [2.24, 2.45) is 7.05 Å². The molecule has 0 spiro atoms. The summed E-state index contributed by atoms with van der Waals surface area (Å²) >= 11 is 6.22.